The molecule has 0 aliphatic heterocycles. The summed E-state index contributed by atoms with van der Waals surface area (Å²) >= 11 is 0. The van der Waals surface area contributed by atoms with Crippen LogP contribution in [0, 0.1) is 0 Å². The minimum absolute atomic E-state index is 0.247. The summed E-state index contributed by atoms with van der Waals surface area (Å²) in [4.78, 5) is 0. The highest BCUT2D eigenvalue weighted by molar-refractivity contribution is 5.50. The Hall–Kier alpha value is -2.15. The molecule has 0 nitrogen and oxygen atoms in total. The van der Waals surface area contributed by atoms with E-state index in [0.29, 0.717) is 5.57 Å². The van der Waals surface area contributed by atoms with Crippen LogP contribution in [-0.4, -0.2) is 0 Å². The van der Waals surface area contributed by atoms with Crippen LogP contribution in [0.1, 0.15) is 6.92 Å². The second kappa shape index (κ2) is 8.02. The maximum absolute atomic E-state index is 13.7. The lowest BCUT2D eigenvalue weighted by molar-refractivity contribution is 0.657. The fraction of sp³-hybridized carbons (Fsp3) is 0.0588. The van der Waals surface area contributed by atoms with Gasteiger partial charge in [-0.15, -0.1) is 0 Å². The van der Waals surface area contributed by atoms with E-state index in [1.165, 1.54) is 12.2 Å². The zero-order valence-electron chi connectivity index (χ0n) is 10.9. The molecule has 0 aliphatic carbocycles. The van der Waals surface area contributed by atoms with Gasteiger partial charge < -0.3 is 0 Å². The lowest BCUT2D eigenvalue weighted by Gasteiger charge is -2.05. The molecule has 0 amide bonds. The maximum Gasteiger partial charge on any atom is 0.130 e. The van der Waals surface area contributed by atoms with Gasteiger partial charge in [-0.3, -0.25) is 0 Å². The van der Waals surface area contributed by atoms with Gasteiger partial charge in [0.15, 0.2) is 0 Å². The van der Waals surface area contributed by atoms with Crippen molar-refractivity contribution in [3.05, 3.63) is 97.5 Å². The molecular formula is C17H19F. The first kappa shape index (κ1) is 15.9. The van der Waals surface area contributed by atoms with E-state index in [0.717, 1.165) is 11.1 Å². The molecule has 0 N–H and O–H groups in total. The topological polar surface area (TPSA) is 0 Å². The van der Waals surface area contributed by atoms with E-state index in [1.54, 1.807) is 24.3 Å². The average Bonchev–Trinajstić information content (AvgIpc) is 2.40. The normalized spacial score (nSPS) is 12.9. The number of rotatable bonds is 7. The van der Waals surface area contributed by atoms with Crippen LogP contribution in [0.2, 0.25) is 0 Å². The summed E-state index contributed by atoms with van der Waals surface area (Å²) in [7, 11) is 0. The molecule has 0 radical (unpaired) electrons. The molecule has 0 saturated carbocycles. The zero-order valence-corrected chi connectivity index (χ0v) is 10.9. The first-order chi connectivity index (χ1) is 8.47. The van der Waals surface area contributed by atoms with Gasteiger partial charge in [-0.2, -0.15) is 0 Å². The molecule has 0 aromatic heterocycles. The van der Waals surface area contributed by atoms with E-state index >= 15 is 0 Å². The van der Waals surface area contributed by atoms with Gasteiger partial charge in [-0.1, -0.05) is 63.3 Å². The lowest BCUT2D eigenvalue weighted by atomic mass is 10.0. The molecule has 0 saturated heterocycles. The Morgan fingerprint density at radius 3 is 2.00 bits per heavy atom. The Morgan fingerprint density at radius 2 is 1.56 bits per heavy atom. The molecule has 0 fully saturated rings. The van der Waals surface area contributed by atoms with Crippen LogP contribution in [0.25, 0.3) is 0 Å². The van der Waals surface area contributed by atoms with Crippen molar-refractivity contribution < 1.29 is 4.39 Å². The van der Waals surface area contributed by atoms with Gasteiger partial charge in [0.1, 0.15) is 5.83 Å². The second-order valence-electron chi connectivity index (χ2n) is 3.63. The summed E-state index contributed by atoms with van der Waals surface area (Å²) in [5.74, 6) is -0.426. The van der Waals surface area contributed by atoms with Crippen LogP contribution in [0.5, 0.6) is 0 Å². The number of halogens is 1. The summed E-state index contributed by atoms with van der Waals surface area (Å²) < 4.78 is 13.7. The van der Waals surface area contributed by atoms with E-state index in [-0.39, 0.29) is 5.57 Å². The van der Waals surface area contributed by atoms with Gasteiger partial charge in [0.25, 0.3) is 0 Å². The molecule has 0 rings (SSSR count). The quantitative estimate of drug-likeness (QED) is 0.525. The SMILES string of the molecule is C=C\C=C/C(/C=C(/F)C(=C)C=C)=C(\C)C(=C)C=C. The van der Waals surface area contributed by atoms with Crippen molar-refractivity contribution >= 4 is 0 Å². The van der Waals surface area contributed by atoms with Crippen LogP contribution in [0.4, 0.5) is 4.39 Å². The summed E-state index contributed by atoms with van der Waals surface area (Å²) in [6, 6.07) is 0. The number of allylic oxidation sites excluding steroid dienone is 11. The Bertz CT molecular complexity index is 468. The fourth-order valence-corrected chi connectivity index (χ4v) is 1.12. The van der Waals surface area contributed by atoms with E-state index in [1.807, 2.05) is 6.92 Å². The summed E-state index contributed by atoms with van der Waals surface area (Å²) in [5.41, 5.74) is 2.53. The van der Waals surface area contributed by atoms with E-state index in [4.69, 9.17) is 0 Å². The van der Waals surface area contributed by atoms with Crippen molar-refractivity contribution in [3.8, 4) is 0 Å². The molecule has 18 heavy (non-hydrogen) atoms. The fourth-order valence-electron chi connectivity index (χ4n) is 1.12. The third kappa shape index (κ3) is 4.79. The largest absolute Gasteiger partial charge is 0.206 e. The number of hydrogen-bond acceptors (Lipinski definition) is 0. The van der Waals surface area contributed by atoms with Crippen molar-refractivity contribution in [1.29, 1.82) is 0 Å². The molecule has 0 heterocycles. The van der Waals surface area contributed by atoms with Crippen LogP contribution in [0.15, 0.2) is 97.5 Å². The smallest absolute Gasteiger partial charge is 0.130 e. The minimum Gasteiger partial charge on any atom is -0.206 e. The molecule has 0 bridgehead atoms. The Labute approximate surface area is 109 Å². The summed E-state index contributed by atoms with van der Waals surface area (Å²) in [6.07, 6.45) is 9.51. The van der Waals surface area contributed by atoms with Gasteiger partial charge in [0.2, 0.25) is 0 Å². The average molecular weight is 242 g/mol. The molecule has 0 unspecified atom stereocenters. The van der Waals surface area contributed by atoms with Crippen molar-refractivity contribution in [2.45, 2.75) is 6.92 Å². The predicted octanol–water partition coefficient (Wildman–Crippen LogP) is 5.38. The van der Waals surface area contributed by atoms with Gasteiger partial charge in [-0.05, 0) is 29.7 Å². The van der Waals surface area contributed by atoms with Gasteiger partial charge in [0, 0.05) is 5.57 Å². The first-order valence-electron chi connectivity index (χ1n) is 5.48. The van der Waals surface area contributed by atoms with Crippen molar-refractivity contribution in [3.63, 3.8) is 0 Å². The van der Waals surface area contributed by atoms with Crippen molar-refractivity contribution in [2.24, 2.45) is 0 Å². The molecule has 1 heteroatoms. The van der Waals surface area contributed by atoms with Crippen molar-refractivity contribution in [1.82, 2.24) is 0 Å². The molecule has 0 aromatic carbocycles. The Kier molecular flexibility index (Phi) is 7.06. The van der Waals surface area contributed by atoms with E-state index in [2.05, 4.69) is 32.9 Å². The standard InChI is InChI=1S/C17H19F/c1-7-10-11-16(15(6)13(4)8-2)12-17(18)14(5)9-3/h7-12H,1-5H2,6H3/b11-10-,16-15-,17-12+. The Morgan fingerprint density at radius 1 is 1.00 bits per heavy atom. The van der Waals surface area contributed by atoms with Crippen LogP contribution >= 0.6 is 0 Å². The summed E-state index contributed by atoms with van der Waals surface area (Å²) in [5, 5.41) is 0. The highest BCUT2D eigenvalue weighted by Gasteiger charge is 2.02. The van der Waals surface area contributed by atoms with Gasteiger partial charge in [-0.25, -0.2) is 4.39 Å². The Balaban J connectivity index is 5.65. The van der Waals surface area contributed by atoms with E-state index in [9.17, 15) is 4.39 Å². The highest BCUT2D eigenvalue weighted by Crippen LogP contribution is 2.20. The third-order valence-electron chi connectivity index (χ3n) is 2.41. The van der Waals surface area contributed by atoms with Crippen LogP contribution in [-0.2, 0) is 0 Å². The third-order valence-corrected chi connectivity index (χ3v) is 2.41. The van der Waals surface area contributed by atoms with E-state index < -0.39 is 5.83 Å². The monoisotopic (exact) mass is 242 g/mol. The summed E-state index contributed by atoms with van der Waals surface area (Å²) in [6.45, 7) is 20.0. The minimum atomic E-state index is -0.426. The molecule has 94 valence electrons. The van der Waals surface area contributed by atoms with Crippen LogP contribution < -0.4 is 0 Å². The second-order valence-corrected chi connectivity index (χ2v) is 3.63. The predicted molar refractivity (Wildman–Crippen MR) is 79.9 cm³/mol. The molecule has 0 aliphatic rings. The lowest BCUT2D eigenvalue weighted by Crippen LogP contribution is -1.87. The first-order valence-corrected chi connectivity index (χ1v) is 5.48. The zero-order chi connectivity index (χ0) is 14.1. The van der Waals surface area contributed by atoms with Crippen molar-refractivity contribution in [2.75, 3.05) is 0 Å². The highest BCUT2D eigenvalue weighted by atomic mass is 19.1. The van der Waals surface area contributed by atoms with Crippen LogP contribution in [0.3, 0.4) is 0 Å². The van der Waals surface area contributed by atoms with Gasteiger partial charge >= 0.3 is 0 Å². The molecule has 0 atom stereocenters. The number of hydrogen-bond donors (Lipinski definition) is 0. The van der Waals surface area contributed by atoms with Gasteiger partial charge in [0.05, 0.1) is 0 Å². The maximum atomic E-state index is 13.7. The molecule has 0 spiro atoms. The molecule has 0 aromatic rings. The molecular weight excluding hydrogens is 223 g/mol.